The zero-order valence-electron chi connectivity index (χ0n) is 11.8. The molecule has 1 aliphatic heterocycles. The van der Waals surface area contributed by atoms with E-state index >= 15 is 0 Å². The molecule has 6 nitrogen and oxygen atoms in total. The van der Waals surface area contributed by atoms with Crippen LogP contribution in [0, 0.1) is 0 Å². The van der Waals surface area contributed by atoms with Crippen molar-refractivity contribution in [1.82, 2.24) is 10.3 Å². The molecule has 0 unspecified atom stereocenters. The van der Waals surface area contributed by atoms with Gasteiger partial charge in [-0.1, -0.05) is 6.08 Å². The molecule has 1 aromatic heterocycles. The Morgan fingerprint density at radius 3 is 3.00 bits per heavy atom. The van der Waals surface area contributed by atoms with Gasteiger partial charge >= 0.3 is 6.03 Å². The van der Waals surface area contributed by atoms with Crippen LogP contribution < -0.4 is 20.1 Å². The van der Waals surface area contributed by atoms with Gasteiger partial charge in [0.25, 0.3) is 0 Å². The standard InChI is InChI=1S/C15H15N3O3S/c1-2-5-16-14(19)18-15-17-11(9-22-15)10-3-4-12-13(8-10)21-7-6-20-12/h2-4,8-9H,1,5-7H2,(H2,16,17,18,19). The van der Waals surface area contributed by atoms with E-state index in [4.69, 9.17) is 9.47 Å². The third kappa shape index (κ3) is 3.20. The molecule has 0 spiro atoms. The van der Waals surface area contributed by atoms with Crippen LogP contribution in [0.4, 0.5) is 9.93 Å². The number of hydrogen-bond donors (Lipinski definition) is 2. The van der Waals surface area contributed by atoms with Crippen LogP contribution in [0.25, 0.3) is 11.3 Å². The number of nitrogens with one attached hydrogen (secondary N) is 2. The third-order valence-corrected chi connectivity index (χ3v) is 3.73. The topological polar surface area (TPSA) is 72.5 Å². The van der Waals surface area contributed by atoms with Crippen LogP contribution in [0.1, 0.15) is 0 Å². The molecule has 1 aromatic carbocycles. The lowest BCUT2D eigenvalue weighted by molar-refractivity contribution is 0.171. The van der Waals surface area contributed by atoms with Crippen LogP contribution >= 0.6 is 11.3 Å². The van der Waals surface area contributed by atoms with Gasteiger partial charge in [-0.3, -0.25) is 5.32 Å². The Kier molecular flexibility index (Phi) is 4.24. The summed E-state index contributed by atoms with van der Waals surface area (Å²) < 4.78 is 11.1. The summed E-state index contributed by atoms with van der Waals surface area (Å²) in [6, 6.07) is 5.38. The van der Waals surface area contributed by atoms with E-state index in [2.05, 4.69) is 22.2 Å². The zero-order valence-corrected chi connectivity index (χ0v) is 12.6. The minimum Gasteiger partial charge on any atom is -0.486 e. The number of carbonyl (C=O) groups excluding carboxylic acids is 1. The highest BCUT2D eigenvalue weighted by molar-refractivity contribution is 7.14. The first-order valence-corrected chi connectivity index (χ1v) is 7.65. The highest BCUT2D eigenvalue weighted by Gasteiger charge is 2.14. The van der Waals surface area contributed by atoms with E-state index < -0.39 is 0 Å². The van der Waals surface area contributed by atoms with Crippen molar-refractivity contribution < 1.29 is 14.3 Å². The molecule has 2 aromatic rings. The van der Waals surface area contributed by atoms with Crippen LogP contribution in [0.3, 0.4) is 0 Å². The van der Waals surface area contributed by atoms with Crippen LogP contribution in [-0.4, -0.2) is 30.8 Å². The van der Waals surface area contributed by atoms with Gasteiger partial charge in [-0.25, -0.2) is 9.78 Å². The predicted octanol–water partition coefficient (Wildman–Crippen LogP) is 2.89. The molecule has 0 atom stereocenters. The van der Waals surface area contributed by atoms with Gasteiger partial charge in [-0.2, -0.15) is 0 Å². The Morgan fingerprint density at radius 1 is 1.36 bits per heavy atom. The summed E-state index contributed by atoms with van der Waals surface area (Å²) >= 11 is 1.36. The number of anilines is 1. The number of rotatable bonds is 4. The maximum atomic E-state index is 11.6. The molecule has 22 heavy (non-hydrogen) atoms. The molecule has 114 valence electrons. The van der Waals surface area contributed by atoms with E-state index in [0.717, 1.165) is 22.8 Å². The lowest BCUT2D eigenvalue weighted by atomic mass is 10.1. The fraction of sp³-hybridized carbons (Fsp3) is 0.200. The summed E-state index contributed by atoms with van der Waals surface area (Å²) in [6.07, 6.45) is 1.61. The van der Waals surface area contributed by atoms with Crippen molar-refractivity contribution >= 4 is 22.5 Å². The largest absolute Gasteiger partial charge is 0.486 e. The molecule has 0 bridgehead atoms. The van der Waals surface area contributed by atoms with Crippen LogP contribution in [0.15, 0.2) is 36.2 Å². The summed E-state index contributed by atoms with van der Waals surface area (Å²) in [5, 5.41) is 7.73. The molecule has 2 amide bonds. The van der Waals surface area contributed by atoms with Gasteiger partial charge < -0.3 is 14.8 Å². The Hall–Kier alpha value is -2.54. The van der Waals surface area contributed by atoms with E-state index in [1.54, 1.807) is 6.08 Å². The number of hydrogen-bond acceptors (Lipinski definition) is 5. The SMILES string of the molecule is C=CCNC(=O)Nc1nc(-c2ccc3c(c2)OCCO3)cs1. The summed E-state index contributed by atoms with van der Waals surface area (Å²) in [7, 11) is 0. The first kappa shape index (κ1) is 14.4. The first-order chi connectivity index (χ1) is 10.8. The Balaban J connectivity index is 1.73. The normalized spacial score (nSPS) is 12.5. The number of benzene rings is 1. The van der Waals surface area contributed by atoms with Crippen molar-refractivity contribution in [3.05, 3.63) is 36.2 Å². The minimum atomic E-state index is -0.303. The van der Waals surface area contributed by atoms with Crippen LogP contribution in [-0.2, 0) is 0 Å². The monoisotopic (exact) mass is 317 g/mol. The maximum Gasteiger partial charge on any atom is 0.321 e. The molecule has 3 rings (SSSR count). The Morgan fingerprint density at radius 2 is 2.18 bits per heavy atom. The molecule has 0 radical (unpaired) electrons. The lowest BCUT2D eigenvalue weighted by Crippen LogP contribution is -2.28. The lowest BCUT2D eigenvalue weighted by Gasteiger charge is -2.18. The molecule has 2 heterocycles. The van der Waals surface area contributed by atoms with Crippen molar-refractivity contribution in [1.29, 1.82) is 0 Å². The van der Waals surface area contributed by atoms with E-state index in [0.29, 0.717) is 24.9 Å². The zero-order chi connectivity index (χ0) is 15.4. The van der Waals surface area contributed by atoms with Crippen molar-refractivity contribution in [2.45, 2.75) is 0 Å². The average Bonchev–Trinajstić information content (AvgIpc) is 3.01. The number of carbonyl (C=O) groups is 1. The summed E-state index contributed by atoms with van der Waals surface area (Å²) in [5.41, 5.74) is 1.70. The third-order valence-electron chi connectivity index (χ3n) is 2.97. The number of urea groups is 1. The van der Waals surface area contributed by atoms with E-state index in [1.165, 1.54) is 11.3 Å². The molecule has 2 N–H and O–H groups in total. The molecule has 7 heteroatoms. The van der Waals surface area contributed by atoms with Gasteiger partial charge in [0.1, 0.15) is 13.2 Å². The second-order valence-corrected chi connectivity index (χ2v) is 5.38. The number of ether oxygens (including phenoxy) is 2. The fourth-order valence-electron chi connectivity index (χ4n) is 1.97. The maximum absolute atomic E-state index is 11.6. The number of fused-ring (bicyclic) bond motifs is 1. The van der Waals surface area contributed by atoms with E-state index in [1.807, 2.05) is 23.6 Å². The van der Waals surface area contributed by atoms with E-state index in [-0.39, 0.29) is 6.03 Å². The Labute approximate surface area is 131 Å². The predicted molar refractivity (Wildman–Crippen MR) is 85.8 cm³/mol. The van der Waals surface area contributed by atoms with Gasteiger partial charge in [0.05, 0.1) is 5.69 Å². The number of thiazole rings is 1. The summed E-state index contributed by atoms with van der Waals surface area (Å²) in [6.45, 7) is 5.06. The quantitative estimate of drug-likeness (QED) is 0.851. The molecular weight excluding hydrogens is 302 g/mol. The Bertz CT molecular complexity index is 699. The summed E-state index contributed by atoms with van der Waals surface area (Å²) in [4.78, 5) is 16.0. The molecular formula is C15H15N3O3S. The van der Waals surface area contributed by atoms with Gasteiger partial charge in [-0.05, 0) is 18.2 Å². The summed E-state index contributed by atoms with van der Waals surface area (Å²) in [5.74, 6) is 1.46. The fourth-order valence-corrected chi connectivity index (χ4v) is 2.69. The highest BCUT2D eigenvalue weighted by Crippen LogP contribution is 2.35. The van der Waals surface area contributed by atoms with Crippen molar-refractivity contribution in [3.63, 3.8) is 0 Å². The van der Waals surface area contributed by atoms with Gasteiger partial charge in [0, 0.05) is 17.5 Å². The van der Waals surface area contributed by atoms with Gasteiger partial charge in [0.15, 0.2) is 16.6 Å². The van der Waals surface area contributed by atoms with Crippen LogP contribution in [0.2, 0.25) is 0 Å². The van der Waals surface area contributed by atoms with Crippen molar-refractivity contribution in [3.8, 4) is 22.8 Å². The molecule has 0 saturated heterocycles. The second-order valence-electron chi connectivity index (χ2n) is 4.52. The highest BCUT2D eigenvalue weighted by atomic mass is 32.1. The van der Waals surface area contributed by atoms with Crippen molar-refractivity contribution in [2.75, 3.05) is 25.1 Å². The average molecular weight is 317 g/mol. The van der Waals surface area contributed by atoms with Crippen molar-refractivity contribution in [2.24, 2.45) is 0 Å². The second kappa shape index (κ2) is 6.48. The minimum absolute atomic E-state index is 0.303. The molecule has 1 aliphatic rings. The molecule has 0 saturated carbocycles. The molecule has 0 aliphatic carbocycles. The number of amides is 2. The van der Waals surface area contributed by atoms with Gasteiger partial charge in [-0.15, -0.1) is 17.9 Å². The number of aromatic nitrogens is 1. The van der Waals surface area contributed by atoms with Gasteiger partial charge in [0.2, 0.25) is 0 Å². The number of nitrogens with zero attached hydrogens (tertiary/aromatic N) is 1. The van der Waals surface area contributed by atoms with Crippen LogP contribution in [0.5, 0.6) is 11.5 Å². The first-order valence-electron chi connectivity index (χ1n) is 6.77. The molecule has 0 fully saturated rings. The smallest absolute Gasteiger partial charge is 0.321 e. The van der Waals surface area contributed by atoms with E-state index in [9.17, 15) is 4.79 Å².